The number of amides is 2. The minimum Gasteiger partial charge on any atom is -0.480 e. The van der Waals surface area contributed by atoms with Gasteiger partial charge in [0.15, 0.2) is 12.1 Å². The molecule has 1 aromatic rings. The van der Waals surface area contributed by atoms with E-state index in [1.807, 2.05) is 13.8 Å². The van der Waals surface area contributed by atoms with Gasteiger partial charge in [0.2, 0.25) is 11.8 Å². The van der Waals surface area contributed by atoms with E-state index < -0.39 is 23.9 Å². The summed E-state index contributed by atoms with van der Waals surface area (Å²) in [6.45, 7) is 3.92. The van der Waals surface area contributed by atoms with Crippen molar-refractivity contribution in [3.05, 3.63) is 29.8 Å². The van der Waals surface area contributed by atoms with Gasteiger partial charge in [0, 0.05) is 24.4 Å². The Morgan fingerprint density at radius 3 is 2.71 bits per heavy atom. The van der Waals surface area contributed by atoms with Gasteiger partial charge in [0.05, 0.1) is 18.0 Å². The Hall–Kier alpha value is -2.78. The van der Waals surface area contributed by atoms with Crippen LogP contribution in [0.3, 0.4) is 0 Å². The molecule has 0 aromatic heterocycles. The lowest BCUT2D eigenvalue weighted by Gasteiger charge is -2.34. The molecule has 4 rings (SSSR count). The zero-order valence-corrected chi connectivity index (χ0v) is 17.3. The predicted octanol–water partition coefficient (Wildman–Crippen LogP) is 2.52. The van der Waals surface area contributed by atoms with E-state index in [1.54, 1.807) is 18.2 Å². The number of guanidine groups is 1. The maximum atomic E-state index is 13.3. The molecule has 2 heterocycles. The van der Waals surface area contributed by atoms with Crippen molar-refractivity contribution in [1.82, 2.24) is 10.2 Å². The highest BCUT2D eigenvalue weighted by atomic mass is 19.4. The average Bonchev–Trinajstić information content (AvgIpc) is 3.43. The van der Waals surface area contributed by atoms with Gasteiger partial charge in [-0.05, 0) is 32.3 Å². The fourth-order valence-corrected chi connectivity index (χ4v) is 4.24. The van der Waals surface area contributed by atoms with Gasteiger partial charge in [0.1, 0.15) is 5.75 Å². The third kappa shape index (κ3) is 4.47. The first-order valence-corrected chi connectivity index (χ1v) is 10.2. The van der Waals surface area contributed by atoms with E-state index in [0.717, 1.165) is 0 Å². The number of ether oxygens (including phenoxy) is 1. The number of alkyl halides is 3. The maximum absolute atomic E-state index is 13.3. The Balaban J connectivity index is 1.41. The fourth-order valence-electron chi connectivity index (χ4n) is 4.24. The Morgan fingerprint density at radius 1 is 1.32 bits per heavy atom. The topological polar surface area (TPSA) is 97.0 Å². The summed E-state index contributed by atoms with van der Waals surface area (Å²) in [6, 6.07) is 5.62. The molecule has 3 N–H and O–H groups in total. The molecule has 0 spiro atoms. The van der Waals surface area contributed by atoms with E-state index in [4.69, 9.17) is 10.5 Å². The molecule has 7 nitrogen and oxygen atoms in total. The first-order valence-electron chi connectivity index (χ1n) is 10.2. The van der Waals surface area contributed by atoms with E-state index in [0.29, 0.717) is 12.0 Å². The van der Waals surface area contributed by atoms with Gasteiger partial charge in [-0.15, -0.1) is 0 Å². The van der Waals surface area contributed by atoms with E-state index in [1.165, 1.54) is 11.0 Å². The Labute approximate surface area is 177 Å². The summed E-state index contributed by atoms with van der Waals surface area (Å²) in [5, 5.41) is 2.76. The third-order valence-corrected chi connectivity index (χ3v) is 5.95. The number of fused-ring (bicyclic) bond motifs is 1. The van der Waals surface area contributed by atoms with Gasteiger partial charge < -0.3 is 15.8 Å². The van der Waals surface area contributed by atoms with E-state index >= 15 is 0 Å². The number of rotatable bonds is 4. The lowest BCUT2D eigenvalue weighted by molar-refractivity contribution is -0.201. The van der Waals surface area contributed by atoms with Gasteiger partial charge in [-0.25, -0.2) is 4.99 Å². The highest BCUT2D eigenvalue weighted by Gasteiger charge is 2.49. The van der Waals surface area contributed by atoms with Crippen LogP contribution >= 0.6 is 0 Å². The Bertz CT molecular complexity index is 931. The van der Waals surface area contributed by atoms with Crippen molar-refractivity contribution in [2.24, 2.45) is 22.6 Å². The van der Waals surface area contributed by atoms with Crippen molar-refractivity contribution in [1.29, 1.82) is 0 Å². The summed E-state index contributed by atoms with van der Waals surface area (Å²) in [5.41, 5.74) is 5.91. The number of aliphatic imine (C=N–C) groups is 1. The zero-order chi connectivity index (χ0) is 22.6. The number of halogens is 3. The number of carbonyl (C=O) groups is 2. The first-order chi connectivity index (χ1) is 14.4. The van der Waals surface area contributed by atoms with Crippen molar-refractivity contribution in [3.8, 4) is 5.75 Å². The standard InChI is InChI=1S/C21H25F3N4O3/c1-20(2)9-17(29)28(19(25)27-20)10-11-7-13(11)18(30)26-14-8-16(21(22,23)24)31-15-6-4-3-5-12(14)15/h3-6,11,13-14,16H,7-10H2,1-2H3,(H2,25,27)(H,26,30)/t11-,13?,14+,16+/m1/s1. The van der Waals surface area contributed by atoms with Gasteiger partial charge in [-0.2, -0.15) is 13.2 Å². The van der Waals surface area contributed by atoms with Crippen LogP contribution in [-0.4, -0.2) is 47.0 Å². The smallest absolute Gasteiger partial charge is 0.425 e. The second-order valence-electron chi connectivity index (χ2n) is 9.05. The number of carbonyl (C=O) groups excluding carboxylic acids is 2. The lowest BCUT2D eigenvalue weighted by atomic mass is 9.96. The van der Waals surface area contributed by atoms with Crippen LogP contribution in [0.15, 0.2) is 29.3 Å². The van der Waals surface area contributed by atoms with E-state index in [-0.39, 0.29) is 54.7 Å². The highest BCUT2D eigenvalue weighted by Crippen LogP contribution is 2.43. The minimum atomic E-state index is -4.53. The van der Waals surface area contributed by atoms with Gasteiger partial charge in [0.25, 0.3) is 0 Å². The lowest BCUT2D eigenvalue weighted by Crippen LogP contribution is -2.50. The monoisotopic (exact) mass is 438 g/mol. The van der Waals surface area contributed by atoms with Crippen LogP contribution in [0.4, 0.5) is 13.2 Å². The average molecular weight is 438 g/mol. The molecule has 1 aromatic carbocycles. The van der Waals surface area contributed by atoms with E-state index in [2.05, 4.69) is 10.3 Å². The molecule has 1 saturated carbocycles. The van der Waals surface area contributed by atoms with Crippen LogP contribution in [0.25, 0.3) is 0 Å². The number of para-hydroxylation sites is 1. The number of hydrogen-bond donors (Lipinski definition) is 2. The molecule has 168 valence electrons. The maximum Gasteiger partial charge on any atom is 0.425 e. The second kappa shape index (κ2) is 7.42. The molecule has 0 saturated heterocycles. The van der Waals surface area contributed by atoms with Crippen LogP contribution in [0, 0.1) is 11.8 Å². The fraction of sp³-hybridized carbons (Fsp3) is 0.571. The summed E-state index contributed by atoms with van der Waals surface area (Å²) in [7, 11) is 0. The number of nitrogens with two attached hydrogens (primary N) is 1. The van der Waals surface area contributed by atoms with Crippen LogP contribution < -0.4 is 15.8 Å². The Kier molecular flexibility index (Phi) is 5.13. The SMILES string of the molecule is CC1(C)CC(=O)N(C[C@H]2CC2C(=O)N[C@H]2C[C@@H](C(F)(F)F)Oc3ccccc32)C(N)=N1. The summed E-state index contributed by atoms with van der Waals surface area (Å²) in [6.07, 6.45) is -6.12. The molecule has 2 aliphatic heterocycles. The van der Waals surface area contributed by atoms with Crippen molar-refractivity contribution in [2.45, 2.75) is 57.0 Å². The molecular weight excluding hydrogens is 413 g/mol. The van der Waals surface area contributed by atoms with Crippen LogP contribution in [0.2, 0.25) is 0 Å². The summed E-state index contributed by atoms with van der Waals surface area (Å²) in [4.78, 5) is 30.9. The molecule has 2 amide bonds. The summed E-state index contributed by atoms with van der Waals surface area (Å²) < 4.78 is 44.9. The number of nitrogens with one attached hydrogen (secondary N) is 1. The van der Waals surface area contributed by atoms with Crippen molar-refractivity contribution in [2.75, 3.05) is 6.54 Å². The highest BCUT2D eigenvalue weighted by molar-refractivity contribution is 5.99. The predicted molar refractivity (Wildman–Crippen MR) is 106 cm³/mol. The molecule has 1 fully saturated rings. The molecule has 0 radical (unpaired) electrons. The van der Waals surface area contributed by atoms with Gasteiger partial charge >= 0.3 is 6.18 Å². The first kappa shape index (κ1) is 21.5. The van der Waals surface area contributed by atoms with Crippen molar-refractivity contribution in [3.63, 3.8) is 0 Å². The molecule has 1 unspecified atom stereocenters. The summed E-state index contributed by atoms with van der Waals surface area (Å²) >= 11 is 0. The van der Waals surface area contributed by atoms with Crippen molar-refractivity contribution < 1.29 is 27.5 Å². The van der Waals surface area contributed by atoms with Crippen molar-refractivity contribution >= 4 is 17.8 Å². The molecule has 1 aliphatic carbocycles. The van der Waals surface area contributed by atoms with E-state index in [9.17, 15) is 22.8 Å². The third-order valence-electron chi connectivity index (χ3n) is 5.95. The number of hydrogen-bond acceptors (Lipinski definition) is 5. The second-order valence-corrected chi connectivity index (χ2v) is 9.05. The minimum absolute atomic E-state index is 0.104. The zero-order valence-electron chi connectivity index (χ0n) is 17.3. The van der Waals surface area contributed by atoms with Gasteiger partial charge in [-0.3, -0.25) is 14.5 Å². The molecule has 3 aliphatic rings. The molecule has 0 bridgehead atoms. The van der Waals surface area contributed by atoms with Crippen LogP contribution in [-0.2, 0) is 9.59 Å². The van der Waals surface area contributed by atoms with Crippen LogP contribution in [0.1, 0.15) is 44.7 Å². The molecular formula is C21H25F3N4O3. The molecule has 31 heavy (non-hydrogen) atoms. The normalized spacial score (nSPS) is 29.5. The quantitative estimate of drug-likeness (QED) is 0.755. The summed E-state index contributed by atoms with van der Waals surface area (Å²) in [5.74, 6) is -0.692. The van der Waals surface area contributed by atoms with Gasteiger partial charge in [-0.1, -0.05) is 18.2 Å². The van der Waals surface area contributed by atoms with Crippen LogP contribution in [0.5, 0.6) is 5.75 Å². The number of benzene rings is 1. The largest absolute Gasteiger partial charge is 0.480 e. The number of nitrogens with zero attached hydrogens (tertiary/aromatic N) is 2. The molecule has 10 heteroatoms. The molecule has 4 atom stereocenters. The Morgan fingerprint density at radius 2 is 2.03 bits per heavy atom.